The molecule has 10 heteroatoms. The van der Waals surface area contributed by atoms with Gasteiger partial charge < -0.3 is 9.88 Å². The molecular weight excluding hydrogens is 398 g/mol. The first kappa shape index (κ1) is 20.0. The van der Waals surface area contributed by atoms with E-state index >= 15 is 0 Å². The topological polar surface area (TPSA) is 103 Å². The average molecular weight is 418 g/mol. The fraction of sp³-hybridized carbons (Fsp3) is 0.278. The van der Waals surface area contributed by atoms with Gasteiger partial charge in [0, 0.05) is 28.4 Å². The van der Waals surface area contributed by atoms with E-state index in [4.69, 9.17) is 0 Å². The second-order valence-corrected chi connectivity index (χ2v) is 8.02. The molecule has 0 spiro atoms. The van der Waals surface area contributed by atoms with Crippen LogP contribution in [0.3, 0.4) is 0 Å². The zero-order valence-electron chi connectivity index (χ0n) is 15.6. The van der Waals surface area contributed by atoms with Gasteiger partial charge in [-0.05, 0) is 32.4 Å². The number of thiophene rings is 1. The van der Waals surface area contributed by atoms with E-state index in [2.05, 4.69) is 34.7 Å². The van der Waals surface area contributed by atoms with Crippen molar-refractivity contribution in [2.24, 2.45) is 0 Å². The monoisotopic (exact) mass is 417 g/mol. The predicted molar refractivity (Wildman–Crippen MR) is 111 cm³/mol. The van der Waals surface area contributed by atoms with Crippen LogP contribution in [-0.2, 0) is 11.3 Å². The molecular formula is C18H19N5O3S2. The summed E-state index contributed by atoms with van der Waals surface area (Å²) in [5.41, 5.74) is 2.27. The number of para-hydroxylation sites is 2. The van der Waals surface area contributed by atoms with Crippen LogP contribution < -0.4 is 5.32 Å². The number of aryl methyl sites for hydroxylation is 1. The molecule has 0 saturated carbocycles. The number of carbonyl (C=O) groups excluding carboxylic acids is 1. The lowest BCUT2D eigenvalue weighted by Crippen LogP contribution is -2.15. The fourth-order valence-electron chi connectivity index (χ4n) is 2.67. The molecule has 3 rings (SSSR count). The van der Waals surface area contributed by atoms with Crippen molar-refractivity contribution in [2.75, 3.05) is 11.1 Å². The van der Waals surface area contributed by atoms with Crippen molar-refractivity contribution in [1.82, 2.24) is 14.8 Å². The van der Waals surface area contributed by atoms with Crippen LogP contribution in [0.15, 0.2) is 34.8 Å². The summed E-state index contributed by atoms with van der Waals surface area (Å²) in [6.07, 6.45) is 0. The second-order valence-electron chi connectivity index (χ2n) is 5.99. The molecule has 0 saturated heterocycles. The first-order valence-corrected chi connectivity index (χ1v) is 10.4. The Morgan fingerprint density at radius 2 is 2.07 bits per heavy atom. The van der Waals surface area contributed by atoms with Gasteiger partial charge in [0.05, 0.1) is 10.7 Å². The van der Waals surface area contributed by atoms with Crippen LogP contribution in [0.2, 0.25) is 0 Å². The number of hydrogen-bond donors (Lipinski definition) is 1. The van der Waals surface area contributed by atoms with E-state index in [0.29, 0.717) is 11.7 Å². The number of thioether (sulfide) groups is 1. The lowest BCUT2D eigenvalue weighted by molar-refractivity contribution is -0.383. The minimum Gasteiger partial charge on any atom is -0.320 e. The number of hydrogen-bond acceptors (Lipinski definition) is 7. The molecule has 0 radical (unpaired) electrons. The lowest BCUT2D eigenvalue weighted by atomic mass is 10.1. The second kappa shape index (κ2) is 8.53. The van der Waals surface area contributed by atoms with Gasteiger partial charge in [0.25, 0.3) is 5.69 Å². The van der Waals surface area contributed by atoms with E-state index < -0.39 is 4.92 Å². The molecule has 2 heterocycles. The van der Waals surface area contributed by atoms with Crippen molar-refractivity contribution in [1.29, 1.82) is 0 Å². The van der Waals surface area contributed by atoms with E-state index in [9.17, 15) is 14.9 Å². The molecule has 0 aliphatic carbocycles. The van der Waals surface area contributed by atoms with Crippen LogP contribution in [0.25, 0.3) is 11.4 Å². The third kappa shape index (κ3) is 4.07. The minimum atomic E-state index is -0.520. The van der Waals surface area contributed by atoms with E-state index in [1.54, 1.807) is 23.5 Å². The van der Waals surface area contributed by atoms with Gasteiger partial charge in [-0.2, -0.15) is 0 Å². The van der Waals surface area contributed by atoms with Gasteiger partial charge in [0.1, 0.15) is 5.69 Å². The maximum absolute atomic E-state index is 12.3. The van der Waals surface area contributed by atoms with Gasteiger partial charge in [0.15, 0.2) is 11.0 Å². The Kier molecular flexibility index (Phi) is 6.10. The first-order chi connectivity index (χ1) is 13.4. The zero-order chi connectivity index (χ0) is 20.3. The van der Waals surface area contributed by atoms with Gasteiger partial charge in [-0.1, -0.05) is 23.9 Å². The molecule has 0 bridgehead atoms. The third-order valence-corrected chi connectivity index (χ3v) is 6.25. The van der Waals surface area contributed by atoms with E-state index in [-0.39, 0.29) is 23.0 Å². The van der Waals surface area contributed by atoms with Gasteiger partial charge in [0.2, 0.25) is 5.91 Å². The van der Waals surface area contributed by atoms with Crippen LogP contribution >= 0.6 is 23.1 Å². The Morgan fingerprint density at radius 1 is 1.32 bits per heavy atom. The third-order valence-electron chi connectivity index (χ3n) is 4.27. The number of nitrogens with one attached hydrogen (secondary N) is 1. The Morgan fingerprint density at radius 3 is 2.71 bits per heavy atom. The Hall–Kier alpha value is -2.72. The summed E-state index contributed by atoms with van der Waals surface area (Å²) in [6, 6.07) is 6.06. The van der Waals surface area contributed by atoms with Crippen molar-refractivity contribution < 1.29 is 9.72 Å². The van der Waals surface area contributed by atoms with Crippen molar-refractivity contribution in [3.63, 3.8) is 0 Å². The average Bonchev–Trinajstić information content (AvgIpc) is 3.23. The highest BCUT2D eigenvalue weighted by Gasteiger charge is 2.19. The number of aromatic nitrogens is 3. The molecule has 0 fully saturated rings. The molecule has 1 aromatic carbocycles. The Balaban J connectivity index is 1.72. The van der Waals surface area contributed by atoms with Gasteiger partial charge in [-0.15, -0.1) is 21.5 Å². The summed E-state index contributed by atoms with van der Waals surface area (Å²) in [5, 5.41) is 24.9. The normalized spacial score (nSPS) is 10.8. The number of anilines is 1. The largest absolute Gasteiger partial charge is 0.320 e. The highest BCUT2D eigenvalue weighted by atomic mass is 32.2. The van der Waals surface area contributed by atoms with Crippen molar-refractivity contribution in [2.45, 2.75) is 32.5 Å². The fourth-order valence-corrected chi connectivity index (χ4v) is 4.33. The standard InChI is InChI=1S/C18H19N5O3S2/c1-4-22-17(13-9-27-12(3)11(13)2)20-21-18(22)28-10-16(24)19-14-7-5-6-8-15(14)23(25)26/h5-9H,4,10H2,1-3H3,(H,19,24). The number of nitro benzene ring substituents is 1. The van der Waals surface area contributed by atoms with E-state index in [1.165, 1.54) is 34.3 Å². The molecule has 0 unspecified atom stereocenters. The molecule has 2 aromatic heterocycles. The molecule has 0 atom stereocenters. The molecule has 1 N–H and O–H groups in total. The molecule has 0 aliphatic rings. The van der Waals surface area contributed by atoms with Gasteiger partial charge in [-0.3, -0.25) is 14.9 Å². The molecule has 146 valence electrons. The van der Waals surface area contributed by atoms with Crippen LogP contribution in [-0.4, -0.2) is 31.3 Å². The smallest absolute Gasteiger partial charge is 0.292 e. The summed E-state index contributed by atoms with van der Waals surface area (Å²) in [5.74, 6) is 0.520. The highest BCUT2D eigenvalue weighted by molar-refractivity contribution is 7.99. The Bertz CT molecular complexity index is 1030. The number of carbonyl (C=O) groups is 1. The summed E-state index contributed by atoms with van der Waals surface area (Å²) < 4.78 is 1.97. The summed E-state index contributed by atoms with van der Waals surface area (Å²) in [6.45, 7) is 6.80. The maximum Gasteiger partial charge on any atom is 0.292 e. The van der Waals surface area contributed by atoms with Crippen LogP contribution in [0, 0.1) is 24.0 Å². The molecule has 0 aliphatic heterocycles. The SMILES string of the molecule is CCn1c(SCC(=O)Nc2ccccc2[N+](=O)[O-])nnc1-c1csc(C)c1C. The predicted octanol–water partition coefficient (Wildman–Crippen LogP) is 4.28. The summed E-state index contributed by atoms with van der Waals surface area (Å²) >= 11 is 2.92. The van der Waals surface area contributed by atoms with Gasteiger partial charge >= 0.3 is 0 Å². The molecule has 1 amide bonds. The number of rotatable bonds is 7. The summed E-state index contributed by atoms with van der Waals surface area (Å²) in [4.78, 5) is 24.1. The van der Waals surface area contributed by atoms with E-state index in [1.807, 2.05) is 11.5 Å². The van der Waals surface area contributed by atoms with Crippen molar-refractivity contribution in [3.8, 4) is 11.4 Å². The van der Waals surface area contributed by atoms with Crippen molar-refractivity contribution in [3.05, 3.63) is 50.2 Å². The van der Waals surface area contributed by atoms with Crippen LogP contribution in [0.5, 0.6) is 0 Å². The quantitative estimate of drug-likeness (QED) is 0.350. The van der Waals surface area contributed by atoms with Gasteiger partial charge in [-0.25, -0.2) is 0 Å². The van der Waals surface area contributed by atoms with Crippen LogP contribution in [0.1, 0.15) is 17.4 Å². The number of amides is 1. The first-order valence-electron chi connectivity index (χ1n) is 8.56. The molecule has 28 heavy (non-hydrogen) atoms. The van der Waals surface area contributed by atoms with E-state index in [0.717, 1.165) is 11.4 Å². The zero-order valence-corrected chi connectivity index (χ0v) is 17.3. The van der Waals surface area contributed by atoms with Crippen molar-refractivity contribution >= 4 is 40.4 Å². The summed E-state index contributed by atoms with van der Waals surface area (Å²) in [7, 11) is 0. The maximum atomic E-state index is 12.3. The number of benzene rings is 1. The molecule has 8 nitrogen and oxygen atoms in total. The minimum absolute atomic E-state index is 0.0752. The Labute approximate surface area is 170 Å². The van der Waals surface area contributed by atoms with Crippen LogP contribution in [0.4, 0.5) is 11.4 Å². The highest BCUT2D eigenvalue weighted by Crippen LogP contribution is 2.31. The number of nitro groups is 1. The molecule has 3 aromatic rings. The lowest BCUT2D eigenvalue weighted by Gasteiger charge is -2.08. The number of nitrogens with zero attached hydrogens (tertiary/aromatic N) is 4.